The third-order valence-corrected chi connectivity index (χ3v) is 4.04. The monoisotopic (exact) mass is 401 g/mol. The van der Waals surface area contributed by atoms with Gasteiger partial charge in [0.1, 0.15) is 5.69 Å². The van der Waals surface area contributed by atoms with E-state index in [1.54, 1.807) is 51.1 Å². The number of imide groups is 1. The number of hydrogen-bond acceptors (Lipinski definition) is 6. The lowest BCUT2D eigenvalue weighted by Crippen LogP contribution is -2.41. The first-order valence-electron chi connectivity index (χ1n) is 8.98. The van der Waals surface area contributed by atoms with E-state index in [0.717, 1.165) is 0 Å². The van der Waals surface area contributed by atoms with E-state index >= 15 is 0 Å². The summed E-state index contributed by atoms with van der Waals surface area (Å²) in [5.74, 6) is -2.17. The van der Waals surface area contributed by atoms with Crippen LogP contribution in [0, 0.1) is 13.8 Å². The summed E-state index contributed by atoms with van der Waals surface area (Å²) in [4.78, 5) is 51.2. The maximum atomic E-state index is 12.4. The lowest BCUT2D eigenvalue weighted by Gasteiger charge is -2.13. The van der Waals surface area contributed by atoms with Crippen molar-refractivity contribution in [3.8, 4) is 0 Å². The van der Waals surface area contributed by atoms with Gasteiger partial charge >= 0.3 is 18.0 Å². The number of amides is 3. The molecule has 1 atom stereocenters. The molecule has 3 amide bonds. The molecule has 0 aliphatic rings. The Bertz CT molecular complexity index is 920. The minimum absolute atomic E-state index is 0.0407. The molecule has 0 saturated carbocycles. The highest BCUT2D eigenvalue weighted by atomic mass is 16.5. The number of carbonyl (C=O) groups is 4. The fourth-order valence-corrected chi connectivity index (χ4v) is 2.63. The zero-order chi connectivity index (χ0) is 21.6. The Balaban J connectivity index is 1.99. The van der Waals surface area contributed by atoms with Crippen molar-refractivity contribution in [1.82, 2.24) is 10.3 Å². The number of aryl methyl sites for hydroxylation is 1. The van der Waals surface area contributed by atoms with Crippen LogP contribution in [0.15, 0.2) is 30.3 Å². The second-order valence-corrected chi connectivity index (χ2v) is 6.20. The van der Waals surface area contributed by atoms with Crippen LogP contribution in [-0.2, 0) is 14.3 Å². The normalized spacial score (nSPS) is 11.3. The predicted octanol–water partition coefficient (Wildman–Crippen LogP) is 2.70. The fraction of sp³-hybridized carbons (Fsp3) is 0.300. The SMILES string of the molecule is CCOC(=O)c1c(C)[nH]c(C(=O)OC(C)C(=O)NC(=O)Nc2ccccc2)c1C. The third kappa shape index (κ3) is 5.44. The Labute approximate surface area is 167 Å². The Hall–Kier alpha value is -3.62. The van der Waals surface area contributed by atoms with E-state index in [0.29, 0.717) is 16.9 Å². The molecule has 9 heteroatoms. The van der Waals surface area contributed by atoms with Gasteiger partial charge in [-0.1, -0.05) is 18.2 Å². The number of hydrogen-bond donors (Lipinski definition) is 3. The smallest absolute Gasteiger partial charge is 0.355 e. The molecule has 3 N–H and O–H groups in total. The van der Waals surface area contributed by atoms with Crippen LogP contribution in [0.25, 0.3) is 0 Å². The molecule has 0 aliphatic heterocycles. The molecule has 29 heavy (non-hydrogen) atoms. The summed E-state index contributed by atoms with van der Waals surface area (Å²) in [7, 11) is 0. The summed E-state index contributed by atoms with van der Waals surface area (Å²) in [6.07, 6.45) is -1.24. The summed E-state index contributed by atoms with van der Waals surface area (Å²) >= 11 is 0. The average molecular weight is 401 g/mol. The molecule has 0 saturated heterocycles. The molecular weight excluding hydrogens is 378 g/mol. The van der Waals surface area contributed by atoms with E-state index in [-0.39, 0.29) is 17.9 Å². The van der Waals surface area contributed by atoms with Crippen molar-refractivity contribution in [2.24, 2.45) is 0 Å². The van der Waals surface area contributed by atoms with Gasteiger partial charge in [0, 0.05) is 11.4 Å². The maximum Gasteiger partial charge on any atom is 0.355 e. The molecule has 1 aromatic carbocycles. The van der Waals surface area contributed by atoms with E-state index in [1.165, 1.54) is 6.92 Å². The first-order chi connectivity index (χ1) is 13.7. The van der Waals surface area contributed by atoms with E-state index in [9.17, 15) is 19.2 Å². The highest BCUT2D eigenvalue weighted by molar-refractivity contribution is 6.04. The molecule has 0 aliphatic carbocycles. The number of rotatable bonds is 6. The lowest BCUT2D eigenvalue weighted by atomic mass is 10.1. The summed E-state index contributed by atoms with van der Waals surface area (Å²) < 4.78 is 10.1. The van der Waals surface area contributed by atoms with Crippen LogP contribution in [0.2, 0.25) is 0 Å². The Morgan fingerprint density at radius 1 is 1.07 bits per heavy atom. The molecule has 1 heterocycles. The van der Waals surface area contributed by atoms with Crippen molar-refractivity contribution in [3.63, 3.8) is 0 Å². The molecule has 0 spiro atoms. The van der Waals surface area contributed by atoms with Gasteiger partial charge in [0.2, 0.25) is 0 Å². The van der Waals surface area contributed by atoms with Crippen molar-refractivity contribution in [3.05, 3.63) is 52.8 Å². The van der Waals surface area contributed by atoms with Crippen LogP contribution in [-0.4, -0.2) is 41.6 Å². The number of benzene rings is 1. The summed E-state index contributed by atoms with van der Waals surface area (Å²) in [5, 5.41) is 4.59. The Morgan fingerprint density at radius 2 is 1.72 bits per heavy atom. The number of para-hydroxylation sites is 1. The molecule has 0 bridgehead atoms. The van der Waals surface area contributed by atoms with E-state index in [4.69, 9.17) is 9.47 Å². The second-order valence-electron chi connectivity index (χ2n) is 6.20. The van der Waals surface area contributed by atoms with Gasteiger partial charge in [-0.3, -0.25) is 10.1 Å². The van der Waals surface area contributed by atoms with Gasteiger partial charge < -0.3 is 19.8 Å². The van der Waals surface area contributed by atoms with E-state index < -0.39 is 30.0 Å². The van der Waals surface area contributed by atoms with Crippen LogP contribution in [0.1, 0.15) is 46.0 Å². The van der Waals surface area contributed by atoms with Gasteiger partial charge in [-0.15, -0.1) is 0 Å². The third-order valence-electron chi connectivity index (χ3n) is 4.04. The lowest BCUT2D eigenvalue weighted by molar-refractivity contribution is -0.127. The van der Waals surface area contributed by atoms with Crippen molar-refractivity contribution in [2.75, 3.05) is 11.9 Å². The topological polar surface area (TPSA) is 127 Å². The van der Waals surface area contributed by atoms with Crippen molar-refractivity contribution in [2.45, 2.75) is 33.8 Å². The molecular formula is C20H23N3O6. The quantitative estimate of drug-likeness (QED) is 0.639. The number of nitrogens with one attached hydrogen (secondary N) is 3. The van der Waals surface area contributed by atoms with Gasteiger partial charge in [-0.05, 0) is 45.4 Å². The number of aromatic nitrogens is 1. The maximum absolute atomic E-state index is 12.4. The molecule has 2 rings (SSSR count). The number of anilines is 1. The Morgan fingerprint density at radius 3 is 2.34 bits per heavy atom. The van der Waals surface area contributed by atoms with Gasteiger partial charge in [-0.2, -0.15) is 0 Å². The molecule has 9 nitrogen and oxygen atoms in total. The first kappa shape index (κ1) is 21.7. The van der Waals surface area contributed by atoms with Crippen LogP contribution in [0.5, 0.6) is 0 Å². The predicted molar refractivity (Wildman–Crippen MR) is 105 cm³/mol. The van der Waals surface area contributed by atoms with Crippen molar-refractivity contribution >= 4 is 29.6 Å². The van der Waals surface area contributed by atoms with Crippen LogP contribution in [0.4, 0.5) is 10.5 Å². The number of carbonyl (C=O) groups excluding carboxylic acids is 4. The fourth-order valence-electron chi connectivity index (χ4n) is 2.63. The highest BCUT2D eigenvalue weighted by Crippen LogP contribution is 2.20. The molecule has 1 unspecified atom stereocenters. The molecule has 2 aromatic rings. The zero-order valence-electron chi connectivity index (χ0n) is 16.6. The number of aromatic amines is 1. The summed E-state index contributed by atoms with van der Waals surface area (Å²) in [5.41, 5.74) is 1.61. The van der Waals surface area contributed by atoms with Gasteiger partial charge in [-0.25, -0.2) is 14.4 Å². The summed E-state index contributed by atoms with van der Waals surface area (Å²) in [6.45, 7) is 6.41. The largest absolute Gasteiger partial charge is 0.462 e. The molecule has 1 aromatic heterocycles. The van der Waals surface area contributed by atoms with Gasteiger partial charge in [0.25, 0.3) is 5.91 Å². The first-order valence-corrected chi connectivity index (χ1v) is 8.98. The highest BCUT2D eigenvalue weighted by Gasteiger charge is 2.27. The molecule has 154 valence electrons. The minimum atomic E-state index is -1.24. The molecule has 0 radical (unpaired) electrons. The number of ether oxygens (including phenoxy) is 2. The Kier molecular flexibility index (Phi) is 7.13. The summed E-state index contributed by atoms with van der Waals surface area (Å²) in [6, 6.07) is 7.81. The zero-order valence-corrected chi connectivity index (χ0v) is 16.6. The van der Waals surface area contributed by atoms with Crippen LogP contribution < -0.4 is 10.6 Å². The van der Waals surface area contributed by atoms with Crippen molar-refractivity contribution < 1.29 is 28.7 Å². The van der Waals surface area contributed by atoms with E-state index in [1.807, 2.05) is 0 Å². The average Bonchev–Trinajstić information content (AvgIpc) is 2.96. The van der Waals surface area contributed by atoms with E-state index in [2.05, 4.69) is 15.6 Å². The standard InChI is InChI=1S/C20H23N3O6/c1-5-28-18(25)15-11(2)16(21-12(15)3)19(26)29-13(4)17(24)23-20(27)22-14-9-7-6-8-10-14/h6-10,13,21H,5H2,1-4H3,(H2,22,23,24,27). The van der Waals surface area contributed by atoms with Crippen molar-refractivity contribution in [1.29, 1.82) is 0 Å². The van der Waals surface area contributed by atoms with Gasteiger partial charge in [0.05, 0.1) is 12.2 Å². The molecule has 0 fully saturated rings. The number of urea groups is 1. The van der Waals surface area contributed by atoms with Crippen LogP contribution >= 0.6 is 0 Å². The minimum Gasteiger partial charge on any atom is -0.462 e. The second kappa shape index (κ2) is 9.54. The number of esters is 2. The van der Waals surface area contributed by atoms with Crippen LogP contribution in [0.3, 0.4) is 0 Å². The van der Waals surface area contributed by atoms with Gasteiger partial charge in [0.15, 0.2) is 6.10 Å². The number of H-pyrrole nitrogens is 1.